The van der Waals surface area contributed by atoms with Gasteiger partial charge in [-0.25, -0.2) is 4.39 Å². The number of nitrogens with one attached hydrogen (secondary N) is 1. The molecule has 17 heavy (non-hydrogen) atoms. The summed E-state index contributed by atoms with van der Waals surface area (Å²) in [5, 5.41) is 3.30. The molecule has 0 atom stereocenters. The smallest absolute Gasteiger partial charge is 0.136 e. The van der Waals surface area contributed by atoms with Crippen molar-refractivity contribution >= 4 is 0 Å². The average Bonchev–Trinajstić information content (AvgIpc) is 2.81. The van der Waals surface area contributed by atoms with E-state index in [0.29, 0.717) is 17.4 Å². The summed E-state index contributed by atoms with van der Waals surface area (Å²) in [4.78, 5) is 0. The maximum absolute atomic E-state index is 13.7. The summed E-state index contributed by atoms with van der Waals surface area (Å²) in [7, 11) is 0. The van der Waals surface area contributed by atoms with Crippen LogP contribution in [0.3, 0.4) is 0 Å². The van der Waals surface area contributed by atoms with Crippen molar-refractivity contribution < 1.29 is 8.81 Å². The molecular weight excluding hydrogens is 217 g/mol. The molecule has 0 bridgehead atoms. The Morgan fingerprint density at radius 2 is 2.12 bits per heavy atom. The Bertz CT molecular complexity index is 477. The van der Waals surface area contributed by atoms with Gasteiger partial charge in [0.25, 0.3) is 0 Å². The molecule has 0 unspecified atom stereocenters. The van der Waals surface area contributed by atoms with Crippen molar-refractivity contribution in [3.63, 3.8) is 0 Å². The monoisotopic (exact) mass is 233 g/mol. The maximum atomic E-state index is 13.7. The summed E-state index contributed by atoms with van der Waals surface area (Å²) in [5.74, 6) is 0.308. The van der Waals surface area contributed by atoms with Crippen LogP contribution in [0, 0.1) is 5.82 Å². The van der Waals surface area contributed by atoms with Crippen molar-refractivity contribution in [1.82, 2.24) is 5.32 Å². The zero-order valence-electron chi connectivity index (χ0n) is 10.0. The highest BCUT2D eigenvalue weighted by Gasteiger charge is 2.08. The molecule has 0 aliphatic heterocycles. The van der Waals surface area contributed by atoms with Crippen molar-refractivity contribution in [1.29, 1.82) is 0 Å². The Labute approximate surface area is 100 Å². The number of furan rings is 1. The van der Waals surface area contributed by atoms with Gasteiger partial charge in [-0.1, -0.05) is 19.9 Å². The lowest BCUT2D eigenvalue weighted by atomic mass is 10.1. The summed E-state index contributed by atoms with van der Waals surface area (Å²) in [6, 6.07) is 9.02. The summed E-state index contributed by atoms with van der Waals surface area (Å²) < 4.78 is 18.9. The van der Waals surface area contributed by atoms with E-state index in [0.717, 1.165) is 12.1 Å². The standard InChI is InChI=1S/C14H16FNO/c1-10(2)16-9-11-5-6-13(15)12(8-11)14-4-3-7-17-14/h3-8,10,16H,9H2,1-2H3. The van der Waals surface area contributed by atoms with Gasteiger partial charge in [0.15, 0.2) is 0 Å². The predicted molar refractivity (Wildman–Crippen MR) is 66.1 cm³/mol. The molecule has 0 radical (unpaired) electrons. The molecule has 1 N–H and O–H groups in total. The number of rotatable bonds is 4. The van der Waals surface area contributed by atoms with Crippen LogP contribution < -0.4 is 5.32 Å². The third-order valence-electron chi connectivity index (χ3n) is 2.53. The van der Waals surface area contributed by atoms with Crippen LogP contribution in [-0.4, -0.2) is 6.04 Å². The van der Waals surface area contributed by atoms with Crippen molar-refractivity contribution in [3.8, 4) is 11.3 Å². The predicted octanol–water partition coefficient (Wildman–Crippen LogP) is 3.58. The Morgan fingerprint density at radius 3 is 2.76 bits per heavy atom. The summed E-state index contributed by atoms with van der Waals surface area (Å²) >= 11 is 0. The highest BCUT2D eigenvalue weighted by molar-refractivity contribution is 5.59. The lowest BCUT2D eigenvalue weighted by Crippen LogP contribution is -2.21. The van der Waals surface area contributed by atoms with Gasteiger partial charge in [-0.05, 0) is 29.8 Å². The normalized spacial score (nSPS) is 11.1. The number of halogens is 1. The van der Waals surface area contributed by atoms with Gasteiger partial charge in [-0.15, -0.1) is 0 Å². The average molecular weight is 233 g/mol. The Morgan fingerprint density at radius 1 is 1.29 bits per heavy atom. The Balaban J connectivity index is 2.24. The van der Waals surface area contributed by atoms with Crippen molar-refractivity contribution in [2.24, 2.45) is 0 Å². The van der Waals surface area contributed by atoms with E-state index >= 15 is 0 Å². The van der Waals surface area contributed by atoms with Gasteiger partial charge >= 0.3 is 0 Å². The fraction of sp³-hybridized carbons (Fsp3) is 0.286. The maximum Gasteiger partial charge on any atom is 0.136 e. The molecule has 0 fully saturated rings. The van der Waals surface area contributed by atoms with Crippen molar-refractivity contribution in [2.45, 2.75) is 26.4 Å². The molecule has 1 heterocycles. The van der Waals surface area contributed by atoms with Crippen LogP contribution in [-0.2, 0) is 6.54 Å². The van der Waals surface area contributed by atoms with Crippen molar-refractivity contribution in [2.75, 3.05) is 0 Å². The SMILES string of the molecule is CC(C)NCc1ccc(F)c(-c2ccco2)c1. The number of hydrogen-bond donors (Lipinski definition) is 1. The van der Waals surface area contributed by atoms with E-state index in [1.807, 2.05) is 6.07 Å². The molecule has 2 rings (SSSR count). The summed E-state index contributed by atoms with van der Waals surface area (Å²) in [6.07, 6.45) is 1.55. The second-order valence-corrected chi connectivity index (χ2v) is 4.33. The highest BCUT2D eigenvalue weighted by atomic mass is 19.1. The van der Waals surface area contributed by atoms with Crippen molar-refractivity contribution in [3.05, 3.63) is 48.0 Å². The zero-order chi connectivity index (χ0) is 12.3. The first-order valence-electron chi connectivity index (χ1n) is 5.72. The minimum atomic E-state index is -0.256. The van der Waals surface area contributed by atoms with E-state index in [4.69, 9.17) is 4.42 Å². The van der Waals surface area contributed by atoms with E-state index in [1.54, 1.807) is 24.5 Å². The molecule has 0 saturated heterocycles. The molecule has 90 valence electrons. The van der Waals surface area contributed by atoms with E-state index in [1.165, 1.54) is 6.07 Å². The summed E-state index contributed by atoms with van der Waals surface area (Å²) in [6.45, 7) is 4.89. The third-order valence-corrected chi connectivity index (χ3v) is 2.53. The van der Waals surface area contributed by atoms with Crippen LogP contribution in [0.25, 0.3) is 11.3 Å². The molecule has 1 aromatic heterocycles. The third kappa shape index (κ3) is 2.94. The first-order chi connectivity index (χ1) is 8.16. The van der Waals surface area contributed by atoms with E-state index in [-0.39, 0.29) is 5.82 Å². The molecule has 0 saturated carbocycles. The van der Waals surface area contributed by atoms with Gasteiger partial charge in [0.1, 0.15) is 11.6 Å². The van der Waals surface area contributed by atoms with Gasteiger partial charge < -0.3 is 9.73 Å². The zero-order valence-corrected chi connectivity index (χ0v) is 10.0. The first kappa shape index (κ1) is 11.9. The molecule has 0 spiro atoms. The second-order valence-electron chi connectivity index (χ2n) is 4.33. The van der Waals surface area contributed by atoms with E-state index in [9.17, 15) is 4.39 Å². The molecule has 0 amide bonds. The van der Waals surface area contributed by atoms with Crippen LogP contribution >= 0.6 is 0 Å². The molecule has 0 aliphatic carbocycles. The van der Waals surface area contributed by atoms with Crippen LogP contribution in [0.5, 0.6) is 0 Å². The minimum absolute atomic E-state index is 0.256. The van der Waals surface area contributed by atoms with E-state index in [2.05, 4.69) is 19.2 Å². The van der Waals surface area contributed by atoms with Gasteiger partial charge in [0, 0.05) is 12.6 Å². The quantitative estimate of drug-likeness (QED) is 0.873. The fourth-order valence-corrected chi connectivity index (χ4v) is 1.63. The van der Waals surface area contributed by atoms with Gasteiger partial charge in [0.05, 0.1) is 11.8 Å². The van der Waals surface area contributed by atoms with Gasteiger partial charge in [-0.3, -0.25) is 0 Å². The molecule has 2 aromatic rings. The Hall–Kier alpha value is -1.61. The largest absolute Gasteiger partial charge is 0.464 e. The lowest BCUT2D eigenvalue weighted by Gasteiger charge is -2.09. The number of benzene rings is 1. The lowest BCUT2D eigenvalue weighted by molar-refractivity contribution is 0.566. The van der Waals surface area contributed by atoms with Gasteiger partial charge in [-0.2, -0.15) is 0 Å². The molecule has 1 aromatic carbocycles. The van der Waals surface area contributed by atoms with Crippen LogP contribution in [0.4, 0.5) is 4.39 Å². The number of hydrogen-bond acceptors (Lipinski definition) is 2. The van der Waals surface area contributed by atoms with Gasteiger partial charge in [0.2, 0.25) is 0 Å². The minimum Gasteiger partial charge on any atom is -0.464 e. The van der Waals surface area contributed by atoms with E-state index < -0.39 is 0 Å². The first-order valence-corrected chi connectivity index (χ1v) is 5.72. The molecule has 3 heteroatoms. The Kier molecular flexibility index (Phi) is 3.59. The topological polar surface area (TPSA) is 25.2 Å². The molecule has 0 aliphatic rings. The van der Waals surface area contributed by atoms with Crippen LogP contribution in [0.2, 0.25) is 0 Å². The second kappa shape index (κ2) is 5.15. The fourth-order valence-electron chi connectivity index (χ4n) is 1.63. The highest BCUT2D eigenvalue weighted by Crippen LogP contribution is 2.24. The summed E-state index contributed by atoms with van der Waals surface area (Å²) in [5.41, 5.74) is 1.56. The molecule has 2 nitrogen and oxygen atoms in total. The van der Waals surface area contributed by atoms with Crippen LogP contribution in [0.15, 0.2) is 41.0 Å². The van der Waals surface area contributed by atoms with Crippen LogP contribution in [0.1, 0.15) is 19.4 Å². The molecular formula is C14H16FNO.